The van der Waals surface area contributed by atoms with E-state index in [2.05, 4.69) is 12.2 Å². The highest BCUT2D eigenvalue weighted by atomic mass is 35.5. The molecule has 1 fully saturated rings. The van der Waals surface area contributed by atoms with Crippen LogP contribution in [0.5, 0.6) is 5.75 Å². The predicted molar refractivity (Wildman–Crippen MR) is 77.8 cm³/mol. The number of phenols is 1. The second kappa shape index (κ2) is 6.03. The summed E-state index contributed by atoms with van der Waals surface area (Å²) in [6, 6.07) is 3.96. The molecule has 0 aliphatic heterocycles. The van der Waals surface area contributed by atoms with Crippen LogP contribution < -0.4 is 5.32 Å². The van der Waals surface area contributed by atoms with E-state index in [0.717, 1.165) is 11.6 Å². The molecule has 0 saturated heterocycles. The minimum absolute atomic E-state index is 0.0426. The maximum absolute atomic E-state index is 9.53. The molecule has 2 unspecified atom stereocenters. The summed E-state index contributed by atoms with van der Waals surface area (Å²) in [4.78, 5) is 0. The van der Waals surface area contributed by atoms with Crippen LogP contribution in [0, 0.1) is 5.92 Å². The van der Waals surface area contributed by atoms with Gasteiger partial charge in [-0.1, -0.05) is 49.4 Å². The molecule has 1 aromatic carbocycles. The van der Waals surface area contributed by atoms with Gasteiger partial charge in [0.2, 0.25) is 0 Å². The second-order valence-electron chi connectivity index (χ2n) is 5.07. The number of halogens is 2. The fourth-order valence-electron chi connectivity index (χ4n) is 2.68. The predicted octanol–water partition coefficient (Wildman–Crippen LogP) is 5.08. The Morgan fingerprint density at radius 2 is 1.94 bits per heavy atom. The van der Waals surface area contributed by atoms with Crippen molar-refractivity contribution < 1.29 is 5.11 Å². The van der Waals surface area contributed by atoms with Crippen LogP contribution in [0.3, 0.4) is 0 Å². The Balaban J connectivity index is 2.05. The van der Waals surface area contributed by atoms with Crippen molar-refractivity contribution in [2.75, 3.05) is 5.32 Å². The van der Waals surface area contributed by atoms with Crippen LogP contribution in [-0.4, -0.2) is 11.1 Å². The van der Waals surface area contributed by atoms with Crippen molar-refractivity contribution in [2.45, 2.75) is 45.1 Å². The molecule has 2 nitrogen and oxygen atoms in total. The van der Waals surface area contributed by atoms with E-state index < -0.39 is 0 Å². The van der Waals surface area contributed by atoms with Crippen LogP contribution in [0.15, 0.2) is 12.1 Å². The maximum atomic E-state index is 9.53. The minimum atomic E-state index is -0.0426. The third-order valence-electron chi connectivity index (χ3n) is 3.75. The van der Waals surface area contributed by atoms with E-state index in [1.165, 1.54) is 32.1 Å². The Morgan fingerprint density at radius 3 is 2.56 bits per heavy atom. The lowest BCUT2D eigenvalue weighted by molar-refractivity contribution is 0.327. The largest absolute Gasteiger partial charge is 0.505 e. The van der Waals surface area contributed by atoms with Gasteiger partial charge in [0.1, 0.15) is 0 Å². The zero-order chi connectivity index (χ0) is 13.1. The van der Waals surface area contributed by atoms with Gasteiger partial charge in [0.15, 0.2) is 5.75 Å². The average molecular weight is 288 g/mol. The summed E-state index contributed by atoms with van der Waals surface area (Å²) in [5.41, 5.74) is 0.893. The topological polar surface area (TPSA) is 32.3 Å². The van der Waals surface area contributed by atoms with Crippen LogP contribution in [0.2, 0.25) is 10.0 Å². The second-order valence-corrected chi connectivity index (χ2v) is 5.89. The molecular weight excluding hydrogens is 269 g/mol. The molecule has 0 radical (unpaired) electrons. The van der Waals surface area contributed by atoms with Gasteiger partial charge in [-0.15, -0.1) is 0 Å². The number of hydrogen-bond donors (Lipinski definition) is 2. The molecule has 100 valence electrons. The first-order valence-corrected chi connectivity index (χ1v) is 7.30. The van der Waals surface area contributed by atoms with Gasteiger partial charge in [-0.25, -0.2) is 0 Å². The Kier molecular flexibility index (Phi) is 4.63. The summed E-state index contributed by atoms with van der Waals surface area (Å²) in [6.45, 7) is 2.25. The summed E-state index contributed by atoms with van der Waals surface area (Å²) in [5, 5.41) is 13.6. The third-order valence-corrected chi connectivity index (χ3v) is 4.32. The molecule has 1 aliphatic rings. The highest BCUT2D eigenvalue weighted by molar-refractivity contribution is 6.37. The van der Waals surface area contributed by atoms with E-state index >= 15 is 0 Å². The lowest BCUT2D eigenvalue weighted by Crippen LogP contribution is -2.27. The average Bonchev–Trinajstić information content (AvgIpc) is 2.36. The molecule has 0 bridgehead atoms. The van der Waals surface area contributed by atoms with Gasteiger partial charge < -0.3 is 10.4 Å². The Hall–Kier alpha value is -0.600. The van der Waals surface area contributed by atoms with Crippen LogP contribution in [0.25, 0.3) is 0 Å². The molecular formula is C14H19Cl2NO. The maximum Gasteiger partial charge on any atom is 0.152 e. The molecule has 0 amide bonds. The van der Waals surface area contributed by atoms with E-state index in [-0.39, 0.29) is 5.75 Å². The molecule has 0 aromatic heterocycles. The molecule has 2 atom stereocenters. The fourth-order valence-corrected chi connectivity index (χ4v) is 3.16. The SMILES string of the molecule is CCC1CCCC(Nc2cc(Cl)c(O)c(Cl)c2)C1. The molecule has 0 heterocycles. The van der Waals surface area contributed by atoms with Crippen LogP contribution >= 0.6 is 23.2 Å². The van der Waals surface area contributed by atoms with Gasteiger partial charge >= 0.3 is 0 Å². The summed E-state index contributed by atoms with van der Waals surface area (Å²) in [5.74, 6) is 0.776. The Labute approximate surface area is 118 Å². The molecule has 1 aromatic rings. The summed E-state index contributed by atoms with van der Waals surface area (Å²) in [6.07, 6.45) is 6.25. The van der Waals surface area contributed by atoms with Gasteiger partial charge in [0, 0.05) is 11.7 Å². The van der Waals surface area contributed by atoms with Gasteiger partial charge in [0.25, 0.3) is 0 Å². The molecule has 2 N–H and O–H groups in total. The Bertz CT molecular complexity index is 399. The van der Waals surface area contributed by atoms with Crippen LogP contribution in [-0.2, 0) is 0 Å². The molecule has 0 spiro atoms. The van der Waals surface area contributed by atoms with Crippen LogP contribution in [0.4, 0.5) is 5.69 Å². The molecule has 1 aliphatic carbocycles. The van der Waals surface area contributed by atoms with Crippen molar-refractivity contribution in [1.29, 1.82) is 0 Å². The zero-order valence-electron chi connectivity index (χ0n) is 10.5. The lowest BCUT2D eigenvalue weighted by Gasteiger charge is -2.30. The zero-order valence-corrected chi connectivity index (χ0v) is 12.1. The lowest BCUT2D eigenvalue weighted by atomic mass is 9.84. The van der Waals surface area contributed by atoms with E-state index in [0.29, 0.717) is 16.1 Å². The number of phenolic OH excluding ortho intramolecular Hbond substituents is 1. The van der Waals surface area contributed by atoms with E-state index in [9.17, 15) is 5.11 Å². The van der Waals surface area contributed by atoms with Gasteiger partial charge in [-0.3, -0.25) is 0 Å². The van der Waals surface area contributed by atoms with Crippen molar-refractivity contribution in [1.82, 2.24) is 0 Å². The van der Waals surface area contributed by atoms with Crippen molar-refractivity contribution in [3.63, 3.8) is 0 Å². The van der Waals surface area contributed by atoms with Crippen molar-refractivity contribution >= 4 is 28.9 Å². The fraction of sp³-hybridized carbons (Fsp3) is 0.571. The monoisotopic (exact) mass is 287 g/mol. The first kappa shape index (κ1) is 13.8. The quantitative estimate of drug-likeness (QED) is 0.760. The first-order valence-electron chi connectivity index (χ1n) is 6.54. The number of nitrogens with one attached hydrogen (secondary N) is 1. The van der Waals surface area contributed by atoms with Crippen molar-refractivity contribution in [2.24, 2.45) is 5.92 Å². The number of anilines is 1. The number of rotatable bonds is 3. The number of hydrogen-bond acceptors (Lipinski definition) is 2. The summed E-state index contributed by atoms with van der Waals surface area (Å²) >= 11 is 11.8. The smallest absolute Gasteiger partial charge is 0.152 e. The van der Waals surface area contributed by atoms with E-state index in [1.807, 2.05) is 0 Å². The van der Waals surface area contributed by atoms with Crippen molar-refractivity contribution in [3.05, 3.63) is 22.2 Å². The third kappa shape index (κ3) is 3.24. The standard InChI is InChI=1S/C14H19Cl2NO/c1-2-9-4-3-5-10(6-9)17-11-7-12(15)14(18)13(16)8-11/h7-10,17-18H,2-6H2,1H3. The minimum Gasteiger partial charge on any atom is -0.505 e. The molecule has 1 saturated carbocycles. The number of benzene rings is 1. The first-order chi connectivity index (χ1) is 8.60. The highest BCUT2D eigenvalue weighted by Gasteiger charge is 2.21. The van der Waals surface area contributed by atoms with Gasteiger partial charge in [-0.05, 0) is 30.9 Å². The van der Waals surface area contributed by atoms with Gasteiger partial charge in [-0.2, -0.15) is 0 Å². The van der Waals surface area contributed by atoms with Crippen LogP contribution in [0.1, 0.15) is 39.0 Å². The normalized spacial score (nSPS) is 23.9. The summed E-state index contributed by atoms with van der Waals surface area (Å²) in [7, 11) is 0. The molecule has 18 heavy (non-hydrogen) atoms. The highest BCUT2D eigenvalue weighted by Crippen LogP contribution is 2.36. The molecule has 4 heteroatoms. The number of aromatic hydroxyl groups is 1. The summed E-state index contributed by atoms with van der Waals surface area (Å²) < 4.78 is 0. The van der Waals surface area contributed by atoms with E-state index in [1.54, 1.807) is 12.1 Å². The van der Waals surface area contributed by atoms with Crippen molar-refractivity contribution in [3.8, 4) is 5.75 Å². The van der Waals surface area contributed by atoms with E-state index in [4.69, 9.17) is 23.2 Å². The molecule has 2 rings (SSSR count). The Morgan fingerprint density at radius 1 is 1.28 bits per heavy atom. The van der Waals surface area contributed by atoms with Gasteiger partial charge in [0.05, 0.1) is 10.0 Å².